The van der Waals surface area contributed by atoms with E-state index in [9.17, 15) is 15.0 Å². The number of aliphatic hydroxyl groups is 1. The maximum Gasteiger partial charge on any atom is 0.337 e. The van der Waals surface area contributed by atoms with Crippen LogP contribution in [0.2, 0.25) is 0 Å². The highest BCUT2D eigenvalue weighted by Gasteiger charge is 2.21. The van der Waals surface area contributed by atoms with E-state index in [0.29, 0.717) is 5.56 Å². The van der Waals surface area contributed by atoms with Crippen molar-refractivity contribution in [3.63, 3.8) is 0 Å². The molecule has 2 aromatic rings. The first-order chi connectivity index (χ1) is 8.06. The van der Waals surface area contributed by atoms with Crippen molar-refractivity contribution in [2.75, 3.05) is 0 Å². The number of aromatic carboxylic acids is 1. The van der Waals surface area contributed by atoms with Gasteiger partial charge in [0.15, 0.2) is 0 Å². The third-order valence-corrected chi connectivity index (χ3v) is 4.55. The smallest absolute Gasteiger partial charge is 0.337 e. The number of rotatable bonds is 3. The zero-order valence-electron chi connectivity index (χ0n) is 9.48. The Balaban J connectivity index is 2.71. The molecule has 0 aliphatic rings. The fourth-order valence-corrected chi connectivity index (χ4v) is 3.58. The first-order valence-corrected chi connectivity index (χ1v) is 6.81. The second-order valence-corrected chi connectivity index (χ2v) is 5.90. The lowest BCUT2D eigenvalue weighted by Crippen LogP contribution is -1.98. The van der Waals surface area contributed by atoms with E-state index in [2.05, 4.69) is 0 Å². The van der Waals surface area contributed by atoms with Crippen LogP contribution in [0, 0.1) is 13.8 Å². The van der Waals surface area contributed by atoms with Gasteiger partial charge in [-0.1, -0.05) is 0 Å². The van der Waals surface area contributed by atoms with Crippen LogP contribution in [0.4, 0.5) is 0 Å². The molecule has 2 aromatic heterocycles. The van der Waals surface area contributed by atoms with Gasteiger partial charge in [-0.25, -0.2) is 4.79 Å². The van der Waals surface area contributed by atoms with E-state index in [0.717, 1.165) is 26.4 Å². The summed E-state index contributed by atoms with van der Waals surface area (Å²) < 4.78 is 0. The number of aliphatic hydroxyl groups excluding tert-OH is 1. The Morgan fingerprint density at radius 3 is 2.35 bits per heavy atom. The predicted molar refractivity (Wildman–Crippen MR) is 70.0 cm³/mol. The molecule has 0 spiro atoms. The summed E-state index contributed by atoms with van der Waals surface area (Å²) >= 11 is 2.96. The summed E-state index contributed by atoms with van der Waals surface area (Å²) in [6.45, 7) is 3.79. The topological polar surface area (TPSA) is 57.5 Å². The first kappa shape index (κ1) is 12.3. The fourth-order valence-electron chi connectivity index (χ4n) is 1.88. The quantitative estimate of drug-likeness (QED) is 0.898. The molecule has 2 heterocycles. The van der Waals surface area contributed by atoms with Crippen molar-refractivity contribution in [3.05, 3.63) is 31.6 Å². The van der Waals surface area contributed by atoms with Gasteiger partial charge in [0, 0.05) is 26.3 Å². The van der Waals surface area contributed by atoms with Crippen LogP contribution in [-0.2, 0) is 6.61 Å². The van der Waals surface area contributed by atoms with E-state index in [4.69, 9.17) is 0 Å². The van der Waals surface area contributed by atoms with Gasteiger partial charge >= 0.3 is 5.97 Å². The Kier molecular flexibility index (Phi) is 3.33. The molecule has 2 N–H and O–H groups in total. The van der Waals surface area contributed by atoms with Crippen LogP contribution in [-0.4, -0.2) is 16.2 Å². The molecule has 0 unspecified atom stereocenters. The SMILES string of the molecule is Cc1scc(CO)c1-c1c(C(=O)O)csc1C. The van der Waals surface area contributed by atoms with E-state index in [1.54, 1.807) is 5.38 Å². The summed E-state index contributed by atoms with van der Waals surface area (Å²) in [6.07, 6.45) is 0. The van der Waals surface area contributed by atoms with Gasteiger partial charge in [-0.15, -0.1) is 22.7 Å². The first-order valence-electron chi connectivity index (χ1n) is 5.05. The predicted octanol–water partition coefficient (Wildman–Crippen LogP) is 3.28. The summed E-state index contributed by atoms with van der Waals surface area (Å²) in [6, 6.07) is 0. The zero-order valence-corrected chi connectivity index (χ0v) is 11.1. The van der Waals surface area contributed by atoms with Crippen LogP contribution in [0.3, 0.4) is 0 Å². The minimum atomic E-state index is -0.918. The molecule has 0 atom stereocenters. The number of aryl methyl sites for hydroxylation is 2. The molecule has 0 radical (unpaired) electrons. The largest absolute Gasteiger partial charge is 0.478 e. The minimum absolute atomic E-state index is 0.0615. The highest BCUT2D eigenvalue weighted by atomic mass is 32.1. The Bertz CT molecular complexity index is 566. The van der Waals surface area contributed by atoms with Gasteiger partial charge in [0.2, 0.25) is 0 Å². The number of hydrogen-bond acceptors (Lipinski definition) is 4. The highest BCUT2D eigenvalue weighted by Crippen LogP contribution is 2.39. The molecule has 0 bridgehead atoms. The number of carboxylic acids is 1. The summed E-state index contributed by atoms with van der Waals surface area (Å²) in [4.78, 5) is 13.2. The van der Waals surface area contributed by atoms with Gasteiger partial charge in [0.1, 0.15) is 0 Å². The minimum Gasteiger partial charge on any atom is -0.478 e. The van der Waals surface area contributed by atoms with Crippen LogP contribution >= 0.6 is 22.7 Å². The van der Waals surface area contributed by atoms with Crippen molar-refractivity contribution in [1.82, 2.24) is 0 Å². The number of thiophene rings is 2. The number of carboxylic acid groups (broad SMARTS) is 1. The third-order valence-electron chi connectivity index (χ3n) is 2.68. The van der Waals surface area contributed by atoms with Crippen molar-refractivity contribution >= 4 is 28.6 Å². The maximum atomic E-state index is 11.2. The van der Waals surface area contributed by atoms with Gasteiger partial charge in [-0.2, -0.15) is 0 Å². The lowest BCUT2D eigenvalue weighted by Gasteiger charge is -2.05. The standard InChI is InChI=1S/C12H12O3S2/c1-6-10(8(3-13)4-16-6)11-7(2)17-5-9(11)12(14)15/h4-5,13H,3H2,1-2H3,(H,14,15). The van der Waals surface area contributed by atoms with Gasteiger partial charge in [-0.3, -0.25) is 0 Å². The van der Waals surface area contributed by atoms with E-state index < -0.39 is 5.97 Å². The van der Waals surface area contributed by atoms with Gasteiger partial charge < -0.3 is 10.2 Å². The second kappa shape index (κ2) is 4.60. The molecule has 90 valence electrons. The monoisotopic (exact) mass is 268 g/mol. The van der Waals surface area contributed by atoms with E-state index >= 15 is 0 Å². The molecule has 2 rings (SSSR count). The fraction of sp³-hybridized carbons (Fsp3) is 0.250. The Morgan fingerprint density at radius 2 is 1.76 bits per heavy atom. The summed E-state index contributed by atoms with van der Waals surface area (Å²) in [5.41, 5.74) is 2.76. The molecule has 0 saturated heterocycles. The van der Waals surface area contributed by atoms with Crippen LogP contribution in [0.1, 0.15) is 25.7 Å². The molecule has 0 aliphatic carbocycles. The number of carbonyl (C=O) groups is 1. The lowest BCUT2D eigenvalue weighted by atomic mass is 9.99. The highest BCUT2D eigenvalue weighted by molar-refractivity contribution is 7.11. The average Bonchev–Trinajstić information content (AvgIpc) is 2.81. The molecule has 0 aliphatic heterocycles. The Hall–Kier alpha value is -1.17. The van der Waals surface area contributed by atoms with Crippen molar-refractivity contribution < 1.29 is 15.0 Å². The van der Waals surface area contributed by atoms with E-state index in [1.807, 2.05) is 19.2 Å². The van der Waals surface area contributed by atoms with Crippen molar-refractivity contribution in [1.29, 1.82) is 0 Å². The molecule has 0 aromatic carbocycles. The van der Waals surface area contributed by atoms with E-state index in [-0.39, 0.29) is 6.61 Å². The molecule has 17 heavy (non-hydrogen) atoms. The third kappa shape index (κ3) is 2.01. The Morgan fingerprint density at radius 1 is 1.18 bits per heavy atom. The van der Waals surface area contributed by atoms with E-state index in [1.165, 1.54) is 22.7 Å². The molecule has 0 fully saturated rings. The van der Waals surface area contributed by atoms with Crippen molar-refractivity contribution in [3.8, 4) is 11.1 Å². The average molecular weight is 268 g/mol. The number of hydrogen-bond donors (Lipinski definition) is 2. The molecule has 0 amide bonds. The van der Waals surface area contributed by atoms with Gasteiger partial charge in [0.05, 0.1) is 12.2 Å². The van der Waals surface area contributed by atoms with Crippen LogP contribution in [0.15, 0.2) is 10.8 Å². The molecular formula is C12H12O3S2. The maximum absolute atomic E-state index is 11.2. The van der Waals surface area contributed by atoms with Crippen molar-refractivity contribution in [2.24, 2.45) is 0 Å². The summed E-state index contributed by atoms with van der Waals surface area (Å²) in [7, 11) is 0. The summed E-state index contributed by atoms with van der Waals surface area (Å²) in [5.74, 6) is -0.918. The summed E-state index contributed by atoms with van der Waals surface area (Å²) in [5, 5.41) is 22.0. The lowest BCUT2D eigenvalue weighted by molar-refractivity contribution is 0.0698. The normalized spacial score (nSPS) is 10.8. The van der Waals surface area contributed by atoms with Crippen LogP contribution < -0.4 is 0 Å². The Labute approximate surface area is 107 Å². The zero-order chi connectivity index (χ0) is 12.6. The molecular weight excluding hydrogens is 256 g/mol. The van der Waals surface area contributed by atoms with Gasteiger partial charge in [0.25, 0.3) is 0 Å². The molecule has 0 saturated carbocycles. The molecule has 5 heteroatoms. The van der Waals surface area contributed by atoms with Crippen LogP contribution in [0.25, 0.3) is 11.1 Å². The van der Waals surface area contributed by atoms with Gasteiger partial charge in [-0.05, 0) is 24.8 Å². The second-order valence-electron chi connectivity index (χ2n) is 3.74. The van der Waals surface area contributed by atoms with Crippen molar-refractivity contribution in [2.45, 2.75) is 20.5 Å². The van der Waals surface area contributed by atoms with Crippen LogP contribution in [0.5, 0.6) is 0 Å². The molecule has 3 nitrogen and oxygen atoms in total.